The number of benzene rings is 2. The van der Waals surface area contributed by atoms with Crippen LogP contribution >= 0.6 is 0 Å². The molecule has 0 spiro atoms. The Morgan fingerprint density at radius 2 is 1.60 bits per heavy atom. The topological polar surface area (TPSA) is 54.0 Å². The number of likely N-dealkylation sites (N-methyl/N-ethyl adjacent to an activating group) is 1. The first kappa shape index (κ1) is 22.0. The molecular weight excluding hydrogens is 378 g/mol. The first-order valence-corrected chi connectivity index (χ1v) is 10.9. The Balaban J connectivity index is 1.48. The Hall–Kier alpha value is -2.73. The second kappa shape index (κ2) is 11.5. The van der Waals surface area contributed by atoms with Gasteiger partial charge in [0.15, 0.2) is 11.5 Å². The Morgan fingerprint density at radius 3 is 2.30 bits per heavy atom. The van der Waals surface area contributed by atoms with E-state index in [2.05, 4.69) is 28.1 Å². The lowest BCUT2D eigenvalue weighted by Crippen LogP contribution is -2.46. The van der Waals surface area contributed by atoms with E-state index in [9.17, 15) is 4.79 Å². The molecule has 0 atom stereocenters. The highest BCUT2D eigenvalue weighted by atomic mass is 16.5. The molecule has 1 saturated heterocycles. The summed E-state index contributed by atoms with van der Waals surface area (Å²) in [7, 11) is 0. The van der Waals surface area contributed by atoms with Gasteiger partial charge in [-0.3, -0.25) is 4.79 Å². The minimum Gasteiger partial charge on any atom is -0.490 e. The van der Waals surface area contributed by atoms with Gasteiger partial charge in [0.1, 0.15) is 0 Å². The number of carbonyl (C=O) groups is 1. The van der Waals surface area contributed by atoms with Crippen LogP contribution in [0.4, 0.5) is 11.4 Å². The third-order valence-corrected chi connectivity index (χ3v) is 5.29. The van der Waals surface area contributed by atoms with Gasteiger partial charge in [0, 0.05) is 32.6 Å². The summed E-state index contributed by atoms with van der Waals surface area (Å²) in [4.78, 5) is 17.3. The first-order chi connectivity index (χ1) is 14.7. The molecule has 1 heterocycles. The van der Waals surface area contributed by atoms with Crippen molar-refractivity contribution in [2.75, 3.05) is 56.2 Å². The van der Waals surface area contributed by atoms with Crippen molar-refractivity contribution in [3.8, 4) is 11.5 Å². The van der Waals surface area contributed by atoms with Gasteiger partial charge in [0.2, 0.25) is 5.91 Å². The molecule has 6 heteroatoms. The van der Waals surface area contributed by atoms with Crippen LogP contribution in [0.2, 0.25) is 0 Å². The maximum absolute atomic E-state index is 12.5. The predicted molar refractivity (Wildman–Crippen MR) is 122 cm³/mol. The molecule has 1 aliphatic heterocycles. The number of hydrogen-bond donors (Lipinski definition) is 1. The van der Waals surface area contributed by atoms with Crippen LogP contribution in [0.5, 0.6) is 11.5 Å². The summed E-state index contributed by atoms with van der Waals surface area (Å²) >= 11 is 0. The Labute approximate surface area is 179 Å². The molecule has 1 aliphatic rings. The molecule has 1 N–H and O–H groups in total. The van der Waals surface area contributed by atoms with Crippen LogP contribution in [0.15, 0.2) is 48.5 Å². The maximum atomic E-state index is 12.5. The van der Waals surface area contributed by atoms with Crippen molar-refractivity contribution < 1.29 is 14.3 Å². The fourth-order valence-corrected chi connectivity index (χ4v) is 3.63. The van der Waals surface area contributed by atoms with E-state index in [1.807, 2.05) is 49.4 Å². The molecule has 0 unspecified atom stereocenters. The largest absolute Gasteiger partial charge is 0.490 e. The fourth-order valence-electron chi connectivity index (χ4n) is 3.63. The van der Waals surface area contributed by atoms with Gasteiger partial charge in [0.05, 0.1) is 24.6 Å². The molecule has 1 amide bonds. The van der Waals surface area contributed by atoms with Crippen LogP contribution in [-0.2, 0) is 4.79 Å². The van der Waals surface area contributed by atoms with Crippen molar-refractivity contribution in [2.24, 2.45) is 0 Å². The van der Waals surface area contributed by atoms with Crippen LogP contribution in [0, 0.1) is 0 Å². The molecule has 1 fully saturated rings. The Morgan fingerprint density at radius 1 is 0.933 bits per heavy atom. The zero-order valence-corrected chi connectivity index (χ0v) is 18.1. The molecule has 0 aromatic heterocycles. The molecular formula is C24H33N3O3. The third-order valence-electron chi connectivity index (χ3n) is 5.29. The van der Waals surface area contributed by atoms with Gasteiger partial charge in [-0.1, -0.05) is 31.2 Å². The van der Waals surface area contributed by atoms with Crippen LogP contribution in [0.1, 0.15) is 26.7 Å². The molecule has 3 rings (SSSR count). The average molecular weight is 412 g/mol. The molecule has 0 bridgehead atoms. The first-order valence-electron chi connectivity index (χ1n) is 10.9. The third kappa shape index (κ3) is 6.13. The fraction of sp³-hybridized carbons (Fsp3) is 0.458. The van der Waals surface area contributed by atoms with Crippen molar-refractivity contribution in [3.05, 3.63) is 48.5 Å². The number of carbonyl (C=O) groups excluding carboxylic acids is 1. The SMILES string of the molecule is CCOc1ccccc1OCCCC(=O)Nc1ccccc1N1CCN(CC)CC1. The Kier molecular flexibility index (Phi) is 8.39. The Bertz CT molecular complexity index is 804. The van der Waals surface area contributed by atoms with E-state index in [4.69, 9.17) is 9.47 Å². The zero-order chi connectivity index (χ0) is 21.2. The summed E-state index contributed by atoms with van der Waals surface area (Å²) in [6, 6.07) is 15.7. The second-order valence-corrected chi connectivity index (χ2v) is 7.32. The quantitative estimate of drug-likeness (QED) is 0.599. The number of nitrogens with one attached hydrogen (secondary N) is 1. The zero-order valence-electron chi connectivity index (χ0n) is 18.1. The van der Waals surface area contributed by atoms with Crippen LogP contribution in [0.25, 0.3) is 0 Å². The summed E-state index contributed by atoms with van der Waals surface area (Å²) in [5, 5.41) is 3.09. The van der Waals surface area contributed by atoms with E-state index < -0.39 is 0 Å². The smallest absolute Gasteiger partial charge is 0.224 e. The summed E-state index contributed by atoms with van der Waals surface area (Å²) in [5.41, 5.74) is 1.98. The number of anilines is 2. The van der Waals surface area contributed by atoms with Gasteiger partial charge in [-0.25, -0.2) is 0 Å². The standard InChI is InChI=1S/C24H33N3O3/c1-3-26-15-17-27(18-16-26)21-11-6-5-10-20(21)25-24(28)14-9-19-30-23-13-8-7-12-22(23)29-4-2/h5-8,10-13H,3-4,9,14-19H2,1-2H3,(H,25,28). The van der Waals surface area contributed by atoms with E-state index in [0.29, 0.717) is 26.1 Å². The van der Waals surface area contributed by atoms with Gasteiger partial charge in [-0.2, -0.15) is 0 Å². The van der Waals surface area contributed by atoms with Crippen molar-refractivity contribution in [1.29, 1.82) is 0 Å². The monoisotopic (exact) mass is 411 g/mol. The lowest BCUT2D eigenvalue weighted by molar-refractivity contribution is -0.116. The van der Waals surface area contributed by atoms with E-state index in [0.717, 1.165) is 55.6 Å². The van der Waals surface area contributed by atoms with Gasteiger partial charge in [-0.15, -0.1) is 0 Å². The minimum atomic E-state index is 0.0105. The summed E-state index contributed by atoms with van der Waals surface area (Å²) < 4.78 is 11.4. The molecule has 0 aliphatic carbocycles. The number of ether oxygens (including phenoxy) is 2. The van der Waals surface area contributed by atoms with Crippen molar-refractivity contribution in [2.45, 2.75) is 26.7 Å². The van der Waals surface area contributed by atoms with Crippen molar-refractivity contribution in [1.82, 2.24) is 4.90 Å². The molecule has 162 valence electrons. The summed E-state index contributed by atoms with van der Waals surface area (Å²) in [5.74, 6) is 1.47. The molecule has 0 saturated carbocycles. The number of rotatable bonds is 10. The predicted octanol–water partition coefficient (Wildman–Crippen LogP) is 4.02. The molecule has 2 aromatic carbocycles. The highest BCUT2D eigenvalue weighted by molar-refractivity contribution is 5.94. The van der Waals surface area contributed by atoms with Gasteiger partial charge < -0.3 is 24.6 Å². The van der Waals surface area contributed by atoms with Crippen molar-refractivity contribution >= 4 is 17.3 Å². The summed E-state index contributed by atoms with van der Waals surface area (Å²) in [6.45, 7) is 10.4. The lowest BCUT2D eigenvalue weighted by atomic mass is 10.2. The molecule has 30 heavy (non-hydrogen) atoms. The van der Waals surface area contributed by atoms with Crippen LogP contribution < -0.4 is 19.7 Å². The highest BCUT2D eigenvalue weighted by Crippen LogP contribution is 2.28. The summed E-state index contributed by atoms with van der Waals surface area (Å²) in [6.07, 6.45) is 1.05. The van der Waals surface area contributed by atoms with Crippen LogP contribution in [0.3, 0.4) is 0 Å². The maximum Gasteiger partial charge on any atom is 0.224 e. The van der Waals surface area contributed by atoms with Crippen molar-refractivity contribution in [3.63, 3.8) is 0 Å². The number of nitrogens with zero attached hydrogens (tertiary/aromatic N) is 2. The van der Waals surface area contributed by atoms with Gasteiger partial charge in [0.25, 0.3) is 0 Å². The highest BCUT2D eigenvalue weighted by Gasteiger charge is 2.18. The number of para-hydroxylation sites is 4. The van der Waals surface area contributed by atoms with E-state index in [1.54, 1.807) is 0 Å². The molecule has 6 nitrogen and oxygen atoms in total. The average Bonchev–Trinajstić information content (AvgIpc) is 2.78. The lowest BCUT2D eigenvalue weighted by Gasteiger charge is -2.36. The van der Waals surface area contributed by atoms with E-state index in [-0.39, 0.29) is 5.91 Å². The minimum absolute atomic E-state index is 0.0105. The normalized spacial score (nSPS) is 14.4. The second-order valence-electron chi connectivity index (χ2n) is 7.32. The molecule has 0 radical (unpaired) electrons. The number of piperazine rings is 1. The number of hydrogen-bond acceptors (Lipinski definition) is 5. The van der Waals surface area contributed by atoms with E-state index >= 15 is 0 Å². The van der Waals surface area contributed by atoms with Gasteiger partial charge in [-0.05, 0) is 44.2 Å². The van der Waals surface area contributed by atoms with E-state index in [1.165, 1.54) is 0 Å². The molecule has 2 aromatic rings. The van der Waals surface area contributed by atoms with Crippen LogP contribution in [-0.4, -0.2) is 56.7 Å². The van der Waals surface area contributed by atoms with Gasteiger partial charge >= 0.3 is 0 Å². The number of amides is 1.